The summed E-state index contributed by atoms with van der Waals surface area (Å²) in [6, 6.07) is 10.2. The van der Waals surface area contributed by atoms with E-state index in [0.29, 0.717) is 13.0 Å². The molecular weight excluding hydrogens is 224 g/mol. The minimum atomic E-state index is 0.253. The first-order chi connectivity index (χ1) is 8.63. The summed E-state index contributed by atoms with van der Waals surface area (Å²) in [4.78, 5) is 16.1. The highest BCUT2D eigenvalue weighted by atomic mass is 16.2. The maximum atomic E-state index is 12.1. The largest absolute Gasteiger partial charge is 0.337 e. The lowest BCUT2D eigenvalue weighted by Crippen LogP contribution is -2.36. The average Bonchev–Trinajstić information content (AvgIpc) is 2.35. The van der Waals surface area contributed by atoms with Crippen LogP contribution >= 0.6 is 0 Å². The zero-order chi connectivity index (χ0) is 13.4. The van der Waals surface area contributed by atoms with Gasteiger partial charge in [0.15, 0.2) is 0 Å². The number of hydrogen-bond acceptors (Lipinski definition) is 2. The van der Waals surface area contributed by atoms with Crippen LogP contribution in [0.1, 0.15) is 25.3 Å². The third kappa shape index (κ3) is 5.32. The second-order valence-electron chi connectivity index (χ2n) is 4.85. The third-order valence-corrected chi connectivity index (χ3v) is 2.85. The van der Waals surface area contributed by atoms with E-state index >= 15 is 0 Å². The summed E-state index contributed by atoms with van der Waals surface area (Å²) in [6.45, 7) is 4.46. The van der Waals surface area contributed by atoms with Crippen LogP contribution in [0, 0.1) is 0 Å². The number of amides is 1. The average molecular weight is 248 g/mol. The van der Waals surface area contributed by atoms with Crippen molar-refractivity contribution in [2.75, 3.05) is 27.2 Å². The molecule has 0 radical (unpaired) electrons. The van der Waals surface area contributed by atoms with Crippen LogP contribution in [0.3, 0.4) is 0 Å². The Balaban J connectivity index is 2.62. The molecule has 0 atom stereocenters. The summed E-state index contributed by atoms with van der Waals surface area (Å²) in [5.74, 6) is 0.253. The standard InChI is InChI=1S/C15H24N2O/c1-4-8-15(18)17(12-11-16(2)3)13-14-9-6-5-7-10-14/h5-7,9-10H,4,8,11-13H2,1-3H3. The fraction of sp³-hybridized carbons (Fsp3) is 0.533. The van der Waals surface area contributed by atoms with Crippen LogP contribution in [0.5, 0.6) is 0 Å². The highest BCUT2D eigenvalue weighted by Crippen LogP contribution is 2.07. The molecule has 0 saturated heterocycles. The van der Waals surface area contributed by atoms with E-state index in [1.807, 2.05) is 44.1 Å². The van der Waals surface area contributed by atoms with Gasteiger partial charge in [0.25, 0.3) is 0 Å². The van der Waals surface area contributed by atoms with Crippen LogP contribution < -0.4 is 0 Å². The third-order valence-electron chi connectivity index (χ3n) is 2.85. The van der Waals surface area contributed by atoms with Gasteiger partial charge >= 0.3 is 0 Å². The van der Waals surface area contributed by atoms with Crippen LogP contribution in [0.2, 0.25) is 0 Å². The van der Waals surface area contributed by atoms with Crippen molar-refractivity contribution in [2.24, 2.45) is 0 Å². The first kappa shape index (κ1) is 14.7. The Kier molecular flexibility index (Phi) is 6.44. The van der Waals surface area contributed by atoms with Crippen LogP contribution in [0.4, 0.5) is 0 Å². The Bertz CT molecular complexity index is 349. The van der Waals surface area contributed by atoms with Gasteiger partial charge in [0.1, 0.15) is 0 Å². The maximum Gasteiger partial charge on any atom is 0.222 e. The van der Waals surface area contributed by atoms with Gasteiger partial charge in [0.2, 0.25) is 5.91 Å². The van der Waals surface area contributed by atoms with Crippen molar-refractivity contribution in [2.45, 2.75) is 26.3 Å². The molecule has 3 heteroatoms. The van der Waals surface area contributed by atoms with Gasteiger partial charge in [-0.3, -0.25) is 4.79 Å². The summed E-state index contributed by atoms with van der Waals surface area (Å²) >= 11 is 0. The Morgan fingerprint density at radius 2 is 1.78 bits per heavy atom. The molecule has 0 aromatic heterocycles. The van der Waals surface area contributed by atoms with Gasteiger partial charge in [0, 0.05) is 26.1 Å². The molecule has 1 rings (SSSR count). The zero-order valence-corrected chi connectivity index (χ0v) is 11.7. The predicted molar refractivity (Wildman–Crippen MR) is 75.3 cm³/mol. The van der Waals surface area contributed by atoms with Gasteiger partial charge < -0.3 is 9.80 Å². The van der Waals surface area contributed by atoms with E-state index in [9.17, 15) is 4.79 Å². The molecule has 0 unspecified atom stereocenters. The van der Waals surface area contributed by atoms with Crippen molar-refractivity contribution in [3.63, 3.8) is 0 Å². The van der Waals surface area contributed by atoms with E-state index in [1.54, 1.807) is 0 Å². The number of hydrogen-bond donors (Lipinski definition) is 0. The second kappa shape index (κ2) is 7.88. The van der Waals surface area contributed by atoms with Crippen LogP contribution in [-0.4, -0.2) is 42.9 Å². The van der Waals surface area contributed by atoms with E-state index in [4.69, 9.17) is 0 Å². The molecule has 1 amide bonds. The normalized spacial score (nSPS) is 10.7. The number of carbonyl (C=O) groups is 1. The first-order valence-electron chi connectivity index (χ1n) is 6.60. The molecule has 1 aromatic carbocycles. The van der Waals surface area contributed by atoms with Crippen molar-refractivity contribution in [3.8, 4) is 0 Å². The lowest BCUT2D eigenvalue weighted by atomic mass is 10.2. The molecule has 0 bridgehead atoms. The van der Waals surface area contributed by atoms with Gasteiger partial charge in [0.05, 0.1) is 0 Å². The molecule has 0 aliphatic heterocycles. The lowest BCUT2D eigenvalue weighted by Gasteiger charge is -2.24. The SMILES string of the molecule is CCCC(=O)N(CCN(C)C)Cc1ccccc1. The minimum absolute atomic E-state index is 0.253. The molecule has 18 heavy (non-hydrogen) atoms. The van der Waals surface area contributed by atoms with E-state index in [-0.39, 0.29) is 5.91 Å². The molecule has 1 aromatic rings. The van der Waals surface area contributed by atoms with Crippen molar-refractivity contribution in [1.82, 2.24) is 9.80 Å². The number of rotatable bonds is 7. The molecule has 0 spiro atoms. The smallest absolute Gasteiger partial charge is 0.222 e. The van der Waals surface area contributed by atoms with Gasteiger partial charge in [-0.25, -0.2) is 0 Å². The second-order valence-corrected chi connectivity index (χ2v) is 4.85. The number of likely N-dealkylation sites (N-methyl/N-ethyl adjacent to an activating group) is 1. The first-order valence-corrected chi connectivity index (χ1v) is 6.60. The summed E-state index contributed by atoms with van der Waals surface area (Å²) in [5.41, 5.74) is 1.20. The Hall–Kier alpha value is -1.35. The lowest BCUT2D eigenvalue weighted by molar-refractivity contribution is -0.132. The summed E-state index contributed by atoms with van der Waals surface area (Å²) < 4.78 is 0. The molecule has 3 nitrogen and oxygen atoms in total. The Morgan fingerprint density at radius 1 is 1.11 bits per heavy atom. The Morgan fingerprint density at radius 3 is 2.33 bits per heavy atom. The number of nitrogens with zero attached hydrogens (tertiary/aromatic N) is 2. The molecule has 0 fully saturated rings. The van der Waals surface area contributed by atoms with E-state index in [2.05, 4.69) is 17.0 Å². The van der Waals surface area contributed by atoms with Crippen LogP contribution in [-0.2, 0) is 11.3 Å². The zero-order valence-electron chi connectivity index (χ0n) is 11.7. The fourth-order valence-corrected chi connectivity index (χ4v) is 1.79. The molecule has 100 valence electrons. The predicted octanol–water partition coefficient (Wildman–Crippen LogP) is 2.38. The van der Waals surface area contributed by atoms with E-state index in [0.717, 1.165) is 19.5 Å². The summed E-state index contributed by atoms with van der Waals surface area (Å²) in [6.07, 6.45) is 1.55. The van der Waals surface area contributed by atoms with E-state index in [1.165, 1.54) is 5.56 Å². The molecule has 0 aliphatic rings. The van der Waals surface area contributed by atoms with Crippen molar-refractivity contribution in [1.29, 1.82) is 0 Å². The van der Waals surface area contributed by atoms with Crippen molar-refractivity contribution in [3.05, 3.63) is 35.9 Å². The van der Waals surface area contributed by atoms with Crippen molar-refractivity contribution < 1.29 is 4.79 Å². The van der Waals surface area contributed by atoms with Gasteiger partial charge in [-0.15, -0.1) is 0 Å². The molecular formula is C15H24N2O. The number of carbonyl (C=O) groups excluding carboxylic acids is 1. The summed E-state index contributed by atoms with van der Waals surface area (Å²) in [7, 11) is 4.07. The molecule has 0 heterocycles. The highest BCUT2D eigenvalue weighted by Gasteiger charge is 2.12. The van der Waals surface area contributed by atoms with Gasteiger partial charge in [-0.05, 0) is 26.1 Å². The van der Waals surface area contributed by atoms with Crippen LogP contribution in [0.15, 0.2) is 30.3 Å². The van der Waals surface area contributed by atoms with Crippen LogP contribution in [0.25, 0.3) is 0 Å². The minimum Gasteiger partial charge on any atom is -0.337 e. The highest BCUT2D eigenvalue weighted by molar-refractivity contribution is 5.76. The van der Waals surface area contributed by atoms with Crippen molar-refractivity contribution >= 4 is 5.91 Å². The fourth-order valence-electron chi connectivity index (χ4n) is 1.79. The maximum absolute atomic E-state index is 12.1. The monoisotopic (exact) mass is 248 g/mol. The quantitative estimate of drug-likeness (QED) is 0.739. The summed E-state index contributed by atoms with van der Waals surface area (Å²) in [5, 5.41) is 0. The van der Waals surface area contributed by atoms with E-state index < -0.39 is 0 Å². The van der Waals surface area contributed by atoms with Gasteiger partial charge in [-0.2, -0.15) is 0 Å². The van der Waals surface area contributed by atoms with Gasteiger partial charge in [-0.1, -0.05) is 37.3 Å². The topological polar surface area (TPSA) is 23.6 Å². The molecule has 0 N–H and O–H groups in total. The molecule has 0 saturated carbocycles. The Labute approximate surface area is 110 Å². The number of benzene rings is 1. The molecule has 0 aliphatic carbocycles.